The van der Waals surface area contributed by atoms with Gasteiger partial charge in [-0.25, -0.2) is 4.39 Å². The normalized spacial score (nSPS) is 10.5. The second-order valence-corrected chi connectivity index (χ2v) is 5.37. The summed E-state index contributed by atoms with van der Waals surface area (Å²) < 4.78 is 19.3. The van der Waals surface area contributed by atoms with Crippen molar-refractivity contribution in [3.63, 3.8) is 0 Å². The number of nitrogens with two attached hydrogens (primary N) is 1. The van der Waals surface area contributed by atoms with E-state index in [1.54, 1.807) is 0 Å². The number of nitrogen functional groups attached to an aromatic ring is 1. The van der Waals surface area contributed by atoms with Gasteiger partial charge in [-0.3, -0.25) is 0 Å². The Labute approximate surface area is 120 Å². The topological polar surface area (TPSA) is 35.2 Å². The molecule has 2 rings (SSSR count). The van der Waals surface area contributed by atoms with Crippen LogP contribution in [0.4, 0.5) is 10.1 Å². The number of halogens is 2. The van der Waals surface area contributed by atoms with Crippen LogP contribution in [0.25, 0.3) is 0 Å². The highest BCUT2D eigenvalue weighted by Gasteiger charge is 2.07. The van der Waals surface area contributed by atoms with Crippen LogP contribution in [0.5, 0.6) is 5.75 Å². The van der Waals surface area contributed by atoms with Crippen molar-refractivity contribution in [2.75, 3.05) is 5.73 Å². The molecule has 0 amide bonds. The summed E-state index contributed by atoms with van der Waals surface area (Å²) in [5.74, 6) is -0.0248. The van der Waals surface area contributed by atoms with Gasteiger partial charge in [-0.2, -0.15) is 0 Å². The smallest absolute Gasteiger partial charge is 0.145 e. The van der Waals surface area contributed by atoms with Gasteiger partial charge < -0.3 is 10.5 Å². The Morgan fingerprint density at radius 1 is 1.16 bits per heavy atom. The van der Waals surface area contributed by atoms with Crippen molar-refractivity contribution in [3.05, 3.63) is 57.3 Å². The van der Waals surface area contributed by atoms with Crippen molar-refractivity contribution >= 4 is 21.6 Å². The van der Waals surface area contributed by atoms with Gasteiger partial charge in [-0.15, -0.1) is 0 Å². The predicted octanol–water partition coefficient (Wildman–Crippen LogP) is 4.37. The zero-order valence-corrected chi connectivity index (χ0v) is 12.4. The molecular formula is C15H15BrFNO. The van der Waals surface area contributed by atoms with E-state index in [0.717, 1.165) is 5.56 Å². The van der Waals surface area contributed by atoms with Crippen molar-refractivity contribution in [1.82, 2.24) is 0 Å². The number of hydrogen-bond donors (Lipinski definition) is 1. The third kappa shape index (κ3) is 3.26. The average molecular weight is 324 g/mol. The van der Waals surface area contributed by atoms with Gasteiger partial charge in [0.1, 0.15) is 18.2 Å². The van der Waals surface area contributed by atoms with Crippen LogP contribution >= 0.6 is 15.9 Å². The third-order valence-corrected chi connectivity index (χ3v) is 3.63. The molecular weight excluding hydrogens is 309 g/mol. The van der Waals surface area contributed by atoms with Gasteiger partial charge in [-0.05, 0) is 52.5 Å². The number of ether oxygens (including phenoxy) is 1. The fraction of sp³-hybridized carbons (Fsp3) is 0.200. The zero-order valence-electron chi connectivity index (χ0n) is 10.8. The first-order chi connectivity index (χ1) is 8.97. The van der Waals surface area contributed by atoms with Gasteiger partial charge in [0, 0.05) is 6.07 Å². The fourth-order valence-corrected chi connectivity index (χ4v) is 2.08. The summed E-state index contributed by atoms with van der Waals surface area (Å²) in [4.78, 5) is 0. The van der Waals surface area contributed by atoms with Crippen LogP contribution in [0, 0.1) is 19.7 Å². The SMILES string of the molecule is Cc1ccc(COc2cc(F)c(Br)cc2N)cc1C. The molecule has 0 heterocycles. The Morgan fingerprint density at radius 3 is 2.58 bits per heavy atom. The number of benzene rings is 2. The third-order valence-electron chi connectivity index (χ3n) is 3.02. The minimum atomic E-state index is -0.385. The van der Waals surface area contributed by atoms with Crippen molar-refractivity contribution in [3.8, 4) is 5.75 Å². The Balaban J connectivity index is 2.14. The minimum absolute atomic E-state index is 0.337. The maximum Gasteiger partial charge on any atom is 0.145 e. The summed E-state index contributed by atoms with van der Waals surface area (Å²) in [6.45, 7) is 4.47. The highest BCUT2D eigenvalue weighted by Crippen LogP contribution is 2.29. The molecule has 0 saturated carbocycles. The highest BCUT2D eigenvalue weighted by molar-refractivity contribution is 9.10. The molecule has 0 aliphatic carbocycles. The first-order valence-electron chi connectivity index (χ1n) is 5.91. The number of hydrogen-bond acceptors (Lipinski definition) is 2. The van der Waals surface area contributed by atoms with Gasteiger partial charge in [0.2, 0.25) is 0 Å². The molecule has 0 aliphatic heterocycles. The van der Waals surface area contributed by atoms with E-state index in [-0.39, 0.29) is 5.82 Å². The maximum atomic E-state index is 13.4. The molecule has 0 bridgehead atoms. The molecule has 19 heavy (non-hydrogen) atoms. The van der Waals surface area contributed by atoms with Gasteiger partial charge in [0.25, 0.3) is 0 Å². The van der Waals surface area contributed by atoms with Crippen molar-refractivity contribution in [2.24, 2.45) is 0 Å². The second-order valence-electron chi connectivity index (χ2n) is 4.51. The van der Waals surface area contributed by atoms with E-state index in [1.165, 1.54) is 23.3 Å². The number of aryl methyl sites for hydroxylation is 2. The lowest BCUT2D eigenvalue weighted by Crippen LogP contribution is -2.00. The van der Waals surface area contributed by atoms with E-state index in [9.17, 15) is 4.39 Å². The molecule has 2 N–H and O–H groups in total. The first-order valence-corrected chi connectivity index (χ1v) is 6.70. The van der Waals surface area contributed by atoms with Crippen molar-refractivity contribution in [1.29, 1.82) is 0 Å². The summed E-state index contributed by atoms with van der Waals surface area (Å²) in [7, 11) is 0. The summed E-state index contributed by atoms with van der Waals surface area (Å²) in [6.07, 6.45) is 0. The van der Waals surface area contributed by atoms with Crippen LogP contribution in [0.2, 0.25) is 0 Å². The molecule has 4 heteroatoms. The Kier molecular flexibility index (Phi) is 4.10. The lowest BCUT2D eigenvalue weighted by Gasteiger charge is -2.11. The van der Waals surface area contributed by atoms with Crippen LogP contribution in [0.15, 0.2) is 34.8 Å². The van der Waals surface area contributed by atoms with E-state index in [0.29, 0.717) is 22.5 Å². The van der Waals surface area contributed by atoms with Crippen molar-refractivity contribution in [2.45, 2.75) is 20.5 Å². The van der Waals surface area contributed by atoms with E-state index >= 15 is 0 Å². The van der Waals surface area contributed by atoms with Gasteiger partial charge in [0.05, 0.1) is 10.2 Å². The van der Waals surface area contributed by atoms with Crippen LogP contribution in [0.3, 0.4) is 0 Å². The summed E-state index contributed by atoms with van der Waals surface area (Å²) in [5, 5.41) is 0. The molecule has 0 spiro atoms. The number of anilines is 1. The molecule has 0 fully saturated rings. The molecule has 0 atom stereocenters. The molecule has 2 nitrogen and oxygen atoms in total. The quantitative estimate of drug-likeness (QED) is 0.851. The van der Waals surface area contributed by atoms with Crippen LogP contribution < -0.4 is 10.5 Å². The lowest BCUT2D eigenvalue weighted by atomic mass is 10.1. The fourth-order valence-electron chi connectivity index (χ4n) is 1.72. The molecule has 0 unspecified atom stereocenters. The van der Waals surface area contributed by atoms with E-state index in [1.807, 2.05) is 19.1 Å². The summed E-state index contributed by atoms with van der Waals surface area (Å²) in [6, 6.07) is 8.89. The summed E-state index contributed by atoms with van der Waals surface area (Å²) in [5.41, 5.74) is 9.67. The standard InChI is InChI=1S/C15H15BrFNO/c1-9-3-4-11(5-10(9)2)8-19-15-7-13(17)12(16)6-14(15)18/h3-7H,8,18H2,1-2H3. The molecule has 0 radical (unpaired) electrons. The van der Waals surface area contributed by atoms with Gasteiger partial charge >= 0.3 is 0 Å². The van der Waals surface area contributed by atoms with Gasteiger partial charge in [-0.1, -0.05) is 18.2 Å². The second kappa shape index (κ2) is 5.61. The highest BCUT2D eigenvalue weighted by atomic mass is 79.9. The zero-order chi connectivity index (χ0) is 14.0. The van der Waals surface area contributed by atoms with E-state index in [4.69, 9.17) is 10.5 Å². The summed E-state index contributed by atoms with van der Waals surface area (Å²) >= 11 is 3.08. The van der Waals surface area contributed by atoms with Crippen LogP contribution in [0.1, 0.15) is 16.7 Å². The average Bonchev–Trinajstić information content (AvgIpc) is 2.36. The molecule has 100 valence electrons. The molecule has 0 aliphatic rings. The van der Waals surface area contributed by atoms with Gasteiger partial charge in [0.15, 0.2) is 0 Å². The largest absolute Gasteiger partial charge is 0.487 e. The number of rotatable bonds is 3. The maximum absolute atomic E-state index is 13.4. The molecule has 2 aromatic carbocycles. The predicted molar refractivity (Wildman–Crippen MR) is 78.8 cm³/mol. The minimum Gasteiger partial charge on any atom is -0.487 e. The van der Waals surface area contributed by atoms with E-state index in [2.05, 4.69) is 28.9 Å². The Morgan fingerprint density at radius 2 is 1.89 bits per heavy atom. The van der Waals surface area contributed by atoms with Crippen LogP contribution in [-0.2, 0) is 6.61 Å². The molecule has 2 aromatic rings. The van der Waals surface area contributed by atoms with E-state index < -0.39 is 0 Å². The monoisotopic (exact) mass is 323 g/mol. The Bertz CT molecular complexity index is 613. The van der Waals surface area contributed by atoms with Crippen LogP contribution in [-0.4, -0.2) is 0 Å². The molecule has 0 aromatic heterocycles. The Hall–Kier alpha value is -1.55. The first kappa shape index (κ1) is 13.9. The molecule has 0 saturated heterocycles. The lowest BCUT2D eigenvalue weighted by molar-refractivity contribution is 0.306. The van der Waals surface area contributed by atoms with Crippen molar-refractivity contribution < 1.29 is 9.13 Å².